The van der Waals surface area contributed by atoms with Crippen LogP contribution < -0.4 is 9.61 Å². The molecule has 1 aromatic carbocycles. The standard InChI is InChI=1S/C28H36FN2O10P/c1-19-26(35)37-16-10-5-3-4-9-13-24(34)40-25-22(18-38-42(36,30-19)41-21-11-7-6-8-12-21)39-27(28(25,2)29)31-15-14-20(32)17-23(31)33/h6-8,11-12,14-15,19,22,25,27H,3-5,9-10,13,16-18H2,1-2H3,(H,30,36)/t19-,22+,25+,27+,28+,42-/m0/s1. The van der Waals surface area contributed by atoms with Gasteiger partial charge in [0.25, 0.3) is 0 Å². The van der Waals surface area contributed by atoms with Crippen LogP contribution in [0.2, 0.25) is 0 Å². The number of carbonyl (C=O) groups excluding carboxylic acids is 4. The van der Waals surface area contributed by atoms with Gasteiger partial charge >= 0.3 is 19.7 Å². The molecule has 2 fully saturated rings. The van der Waals surface area contributed by atoms with Gasteiger partial charge in [0, 0.05) is 12.6 Å². The van der Waals surface area contributed by atoms with Crippen molar-refractivity contribution < 1.29 is 51.4 Å². The normalized spacial score (nSPS) is 34.1. The van der Waals surface area contributed by atoms with E-state index in [0.717, 1.165) is 36.9 Å². The van der Waals surface area contributed by atoms with Gasteiger partial charge in [0.2, 0.25) is 5.91 Å². The summed E-state index contributed by atoms with van der Waals surface area (Å²) in [7, 11) is -4.35. The van der Waals surface area contributed by atoms with Crippen molar-refractivity contribution in [1.29, 1.82) is 0 Å². The van der Waals surface area contributed by atoms with E-state index in [9.17, 15) is 23.7 Å². The highest BCUT2D eigenvalue weighted by Gasteiger charge is 2.60. The molecule has 3 aliphatic heterocycles. The summed E-state index contributed by atoms with van der Waals surface area (Å²) in [6.07, 6.45) is 0.662. The number of hydrogen-bond acceptors (Lipinski definition) is 10. The third-order valence-corrected chi connectivity index (χ3v) is 8.72. The highest BCUT2D eigenvalue weighted by Crippen LogP contribution is 2.47. The number of hydrogen-bond donors (Lipinski definition) is 1. The number of carbonyl (C=O) groups is 4. The maximum absolute atomic E-state index is 16.4. The molecule has 6 atom stereocenters. The second-order valence-corrected chi connectivity index (χ2v) is 12.3. The molecule has 0 spiro atoms. The van der Waals surface area contributed by atoms with Gasteiger partial charge in [-0.15, -0.1) is 0 Å². The lowest BCUT2D eigenvalue weighted by Crippen LogP contribution is -2.52. The first kappa shape index (κ1) is 31.8. The number of nitrogens with one attached hydrogen (secondary N) is 1. The van der Waals surface area contributed by atoms with Crippen LogP contribution in [0, 0.1) is 0 Å². The first-order valence-electron chi connectivity index (χ1n) is 14.0. The zero-order valence-corrected chi connectivity index (χ0v) is 24.5. The highest BCUT2D eigenvalue weighted by atomic mass is 31.2. The number of rotatable bonds is 3. The van der Waals surface area contributed by atoms with E-state index in [-0.39, 0.29) is 18.8 Å². The molecule has 0 saturated carbocycles. The highest BCUT2D eigenvalue weighted by molar-refractivity contribution is 7.52. The van der Waals surface area contributed by atoms with E-state index in [1.54, 1.807) is 18.2 Å². The van der Waals surface area contributed by atoms with Crippen LogP contribution in [0.1, 0.15) is 58.8 Å². The Kier molecular flexibility index (Phi) is 10.5. The van der Waals surface area contributed by atoms with Crippen molar-refractivity contribution in [1.82, 2.24) is 9.99 Å². The van der Waals surface area contributed by atoms with Crippen molar-refractivity contribution in [3.8, 4) is 5.75 Å². The maximum Gasteiger partial charge on any atom is 0.459 e. The van der Waals surface area contributed by atoms with E-state index in [0.29, 0.717) is 19.3 Å². The summed E-state index contributed by atoms with van der Waals surface area (Å²) < 4.78 is 58.4. The molecular formula is C28H36FN2O10P. The fourth-order valence-corrected chi connectivity index (χ4v) is 6.36. The summed E-state index contributed by atoms with van der Waals surface area (Å²) in [4.78, 5) is 50.6. The number of ether oxygens (including phenoxy) is 3. The Morgan fingerprint density at radius 1 is 1.07 bits per heavy atom. The van der Waals surface area contributed by atoms with Crippen molar-refractivity contribution in [3.63, 3.8) is 0 Å². The van der Waals surface area contributed by atoms with Gasteiger partial charge in [-0.2, -0.15) is 5.09 Å². The number of allylic oxidation sites excluding steroid dienone is 1. The molecule has 1 N–H and O–H groups in total. The zero-order valence-electron chi connectivity index (χ0n) is 23.6. The van der Waals surface area contributed by atoms with Crippen molar-refractivity contribution in [2.45, 2.75) is 88.9 Å². The molecule has 0 bridgehead atoms. The average molecular weight is 611 g/mol. The number of benzene rings is 1. The van der Waals surface area contributed by atoms with E-state index >= 15 is 4.39 Å². The minimum Gasteiger partial charge on any atom is -0.465 e. The van der Waals surface area contributed by atoms with Crippen LogP contribution in [-0.4, -0.2) is 71.9 Å². The lowest BCUT2D eigenvalue weighted by atomic mass is 9.97. The van der Waals surface area contributed by atoms with Crippen LogP contribution in [0.3, 0.4) is 0 Å². The van der Waals surface area contributed by atoms with Crippen LogP contribution in [0.4, 0.5) is 4.39 Å². The number of ketones is 1. The molecule has 0 aromatic heterocycles. The number of halogens is 1. The summed E-state index contributed by atoms with van der Waals surface area (Å²) in [5.74, 6) is -2.31. The quantitative estimate of drug-likeness (QED) is 0.303. The molecule has 0 aliphatic carbocycles. The minimum absolute atomic E-state index is 0.0194. The molecule has 2 saturated heterocycles. The van der Waals surface area contributed by atoms with Crippen molar-refractivity contribution in [2.24, 2.45) is 0 Å². The van der Waals surface area contributed by atoms with E-state index in [4.69, 9.17) is 23.3 Å². The van der Waals surface area contributed by atoms with Crippen molar-refractivity contribution in [2.75, 3.05) is 13.2 Å². The Hall–Kier alpha value is -3.12. The van der Waals surface area contributed by atoms with Gasteiger partial charge in [-0.3, -0.25) is 28.6 Å². The zero-order chi connectivity index (χ0) is 30.3. The summed E-state index contributed by atoms with van der Waals surface area (Å²) >= 11 is 0. The molecule has 3 aliphatic rings. The minimum atomic E-state index is -4.35. The van der Waals surface area contributed by atoms with Crippen LogP contribution in [0.15, 0.2) is 42.6 Å². The number of fused-ring (bicyclic) bond motifs is 1. The van der Waals surface area contributed by atoms with Gasteiger partial charge in [0.1, 0.15) is 17.9 Å². The molecule has 1 aromatic rings. The Balaban J connectivity index is 1.62. The van der Waals surface area contributed by atoms with Gasteiger partial charge in [0.05, 0.1) is 19.6 Å². The van der Waals surface area contributed by atoms with Gasteiger partial charge in [-0.1, -0.05) is 37.5 Å². The maximum atomic E-state index is 16.4. The van der Waals surface area contributed by atoms with Crippen molar-refractivity contribution in [3.05, 3.63) is 42.6 Å². The number of nitrogens with zero attached hydrogens (tertiary/aromatic N) is 1. The Labute approximate surface area is 243 Å². The fraction of sp³-hybridized carbons (Fsp3) is 0.571. The molecule has 1 amide bonds. The SMILES string of the molecule is C[C@@H]1N[P@@](=O)(Oc2ccccc2)OC[C@H]2O[C@@H](N3C=CC(=O)CC3=O)[C@](C)(F)[C@@H]2OC(=O)CCCCCCCOC1=O. The lowest BCUT2D eigenvalue weighted by Gasteiger charge is -2.33. The van der Waals surface area contributed by atoms with Crippen molar-refractivity contribution >= 4 is 31.4 Å². The molecule has 4 rings (SSSR count). The fourth-order valence-electron chi connectivity index (χ4n) is 4.86. The van der Waals surface area contributed by atoms with Crippen LogP contribution in [-0.2, 0) is 42.5 Å². The lowest BCUT2D eigenvalue weighted by molar-refractivity contribution is -0.158. The first-order valence-corrected chi connectivity index (χ1v) is 15.5. The van der Waals surface area contributed by atoms with E-state index in [1.807, 2.05) is 0 Å². The molecule has 0 radical (unpaired) electrons. The molecule has 42 heavy (non-hydrogen) atoms. The van der Waals surface area contributed by atoms with E-state index in [2.05, 4.69) is 5.09 Å². The smallest absolute Gasteiger partial charge is 0.459 e. The van der Waals surface area contributed by atoms with E-state index in [1.165, 1.54) is 19.1 Å². The number of alkyl halides is 1. The first-order chi connectivity index (χ1) is 20.0. The van der Waals surface area contributed by atoms with Gasteiger partial charge in [-0.05, 0) is 44.9 Å². The molecular weight excluding hydrogens is 574 g/mol. The van der Waals surface area contributed by atoms with Crippen LogP contribution >= 0.6 is 7.75 Å². The Bertz CT molecular complexity index is 1230. The molecule has 14 heteroatoms. The third-order valence-electron chi connectivity index (χ3n) is 7.08. The second-order valence-electron chi connectivity index (χ2n) is 10.6. The molecule has 3 heterocycles. The average Bonchev–Trinajstić information content (AvgIpc) is 3.18. The molecule has 12 nitrogen and oxygen atoms in total. The number of esters is 2. The van der Waals surface area contributed by atoms with Crippen LogP contribution in [0.5, 0.6) is 5.75 Å². The Morgan fingerprint density at radius 3 is 2.52 bits per heavy atom. The second kappa shape index (κ2) is 13.9. The Morgan fingerprint density at radius 2 is 1.79 bits per heavy atom. The predicted molar refractivity (Wildman–Crippen MR) is 146 cm³/mol. The predicted octanol–water partition coefficient (Wildman–Crippen LogP) is 3.75. The number of amides is 1. The number of para-hydroxylation sites is 1. The topological polar surface area (TPSA) is 147 Å². The molecule has 0 unspecified atom stereocenters. The monoisotopic (exact) mass is 610 g/mol. The van der Waals surface area contributed by atoms with Gasteiger partial charge < -0.3 is 18.7 Å². The summed E-state index contributed by atoms with van der Waals surface area (Å²) in [6.45, 7) is 2.11. The largest absolute Gasteiger partial charge is 0.465 e. The number of cyclic esters (lactones) is 1. The van der Waals surface area contributed by atoms with E-state index < -0.39 is 74.5 Å². The van der Waals surface area contributed by atoms with Crippen LogP contribution in [0.25, 0.3) is 0 Å². The van der Waals surface area contributed by atoms with Gasteiger partial charge in [0.15, 0.2) is 23.8 Å². The summed E-state index contributed by atoms with van der Waals surface area (Å²) in [6, 6.07) is 6.95. The van der Waals surface area contributed by atoms with Gasteiger partial charge in [-0.25, -0.2) is 8.96 Å². The summed E-state index contributed by atoms with van der Waals surface area (Å²) in [5, 5.41) is 2.56. The third kappa shape index (κ3) is 8.03. The molecule has 230 valence electrons. The summed E-state index contributed by atoms with van der Waals surface area (Å²) in [5.41, 5.74) is -2.44.